The van der Waals surface area contributed by atoms with Crippen LogP contribution in [0.1, 0.15) is 43.9 Å². The summed E-state index contributed by atoms with van der Waals surface area (Å²) in [6, 6.07) is 12.6. The Morgan fingerprint density at radius 1 is 1.30 bits per heavy atom. The van der Waals surface area contributed by atoms with Crippen LogP contribution in [0.3, 0.4) is 0 Å². The van der Waals surface area contributed by atoms with Crippen LogP contribution in [0.4, 0.5) is 5.69 Å². The van der Waals surface area contributed by atoms with Gasteiger partial charge in [-0.25, -0.2) is 9.50 Å². The van der Waals surface area contributed by atoms with E-state index in [1.807, 2.05) is 28.5 Å². The molecule has 0 saturated carbocycles. The number of fused-ring (bicyclic) bond motifs is 1. The summed E-state index contributed by atoms with van der Waals surface area (Å²) in [7, 11) is 0. The molecule has 142 valence electrons. The van der Waals surface area contributed by atoms with E-state index in [1.165, 1.54) is 18.4 Å². The van der Waals surface area contributed by atoms with Gasteiger partial charge >= 0.3 is 0 Å². The summed E-state index contributed by atoms with van der Waals surface area (Å²) in [5, 5.41) is 13.6. The molecule has 0 spiro atoms. The standard InChI is InChI=1S/C21H27N5S/c1-15(2)19-14-24-21-18(23-12-16-7-4-3-5-8-16)11-20(25-26(19)21)27-17-9-6-10-22-13-17/h3-5,7-8,11,14-15,17,22-23H,6,9-10,12-13H2,1-2H3/t17-/m1/s1. The Bertz CT molecular complexity index is 884. The number of benzene rings is 1. The van der Waals surface area contributed by atoms with Gasteiger partial charge in [0.05, 0.1) is 17.6 Å². The molecule has 0 radical (unpaired) electrons. The third-order valence-electron chi connectivity index (χ3n) is 4.93. The van der Waals surface area contributed by atoms with Crippen molar-refractivity contribution in [3.05, 3.63) is 53.9 Å². The number of imidazole rings is 1. The molecular weight excluding hydrogens is 354 g/mol. The lowest BCUT2D eigenvalue weighted by Crippen LogP contribution is -2.31. The van der Waals surface area contributed by atoms with Crippen LogP contribution in [0.2, 0.25) is 0 Å². The average Bonchev–Trinajstić information content (AvgIpc) is 3.12. The largest absolute Gasteiger partial charge is 0.378 e. The van der Waals surface area contributed by atoms with E-state index < -0.39 is 0 Å². The fourth-order valence-electron chi connectivity index (χ4n) is 3.43. The smallest absolute Gasteiger partial charge is 0.177 e. The molecular formula is C21H27N5S. The Kier molecular flexibility index (Phi) is 5.64. The van der Waals surface area contributed by atoms with Gasteiger partial charge in [0.1, 0.15) is 5.03 Å². The summed E-state index contributed by atoms with van der Waals surface area (Å²) in [6.45, 7) is 7.34. The van der Waals surface area contributed by atoms with Crippen LogP contribution in [0.5, 0.6) is 0 Å². The van der Waals surface area contributed by atoms with Gasteiger partial charge in [-0.3, -0.25) is 0 Å². The molecule has 1 fully saturated rings. The van der Waals surface area contributed by atoms with Crippen molar-refractivity contribution in [2.75, 3.05) is 18.4 Å². The van der Waals surface area contributed by atoms with Gasteiger partial charge in [0.2, 0.25) is 0 Å². The van der Waals surface area contributed by atoms with Gasteiger partial charge in [-0.15, -0.1) is 0 Å². The number of thioether (sulfide) groups is 1. The van der Waals surface area contributed by atoms with Gasteiger partial charge in [-0.2, -0.15) is 5.10 Å². The molecule has 4 rings (SSSR count). The number of nitrogens with zero attached hydrogens (tertiary/aromatic N) is 3. The molecule has 1 aromatic carbocycles. The number of piperidine rings is 1. The molecule has 3 aromatic rings. The molecule has 3 heterocycles. The van der Waals surface area contributed by atoms with Gasteiger partial charge in [0, 0.05) is 18.3 Å². The van der Waals surface area contributed by atoms with E-state index in [0.717, 1.165) is 41.7 Å². The van der Waals surface area contributed by atoms with Crippen molar-refractivity contribution in [3.8, 4) is 0 Å². The quantitative estimate of drug-likeness (QED) is 0.666. The Morgan fingerprint density at radius 2 is 2.15 bits per heavy atom. The van der Waals surface area contributed by atoms with Gasteiger partial charge in [-0.1, -0.05) is 55.9 Å². The minimum Gasteiger partial charge on any atom is -0.378 e. The Morgan fingerprint density at radius 3 is 2.89 bits per heavy atom. The van der Waals surface area contributed by atoms with E-state index in [0.29, 0.717) is 11.2 Å². The second-order valence-corrected chi connectivity index (χ2v) is 8.72. The van der Waals surface area contributed by atoms with Gasteiger partial charge in [0.25, 0.3) is 0 Å². The SMILES string of the molecule is CC(C)c1cnc2c(NCc3ccccc3)cc(S[C@@H]3CCCNC3)nn12. The van der Waals surface area contributed by atoms with Crippen LogP contribution in [0.25, 0.3) is 5.65 Å². The van der Waals surface area contributed by atoms with E-state index in [4.69, 9.17) is 5.10 Å². The summed E-state index contributed by atoms with van der Waals surface area (Å²) in [5.74, 6) is 0.381. The van der Waals surface area contributed by atoms with Crippen molar-refractivity contribution in [1.82, 2.24) is 19.9 Å². The second kappa shape index (κ2) is 8.31. The maximum atomic E-state index is 4.92. The summed E-state index contributed by atoms with van der Waals surface area (Å²) < 4.78 is 2.02. The van der Waals surface area contributed by atoms with E-state index in [-0.39, 0.29) is 0 Å². The summed E-state index contributed by atoms with van der Waals surface area (Å²) in [6.07, 6.45) is 4.43. The third-order valence-corrected chi connectivity index (χ3v) is 6.10. The van der Waals surface area contributed by atoms with E-state index in [1.54, 1.807) is 0 Å². The predicted octanol–water partition coefficient (Wildman–Crippen LogP) is 4.31. The Balaban J connectivity index is 1.64. The highest BCUT2D eigenvalue weighted by Gasteiger charge is 2.18. The van der Waals surface area contributed by atoms with Crippen molar-refractivity contribution in [1.29, 1.82) is 0 Å². The van der Waals surface area contributed by atoms with Crippen LogP contribution in [-0.4, -0.2) is 32.9 Å². The predicted molar refractivity (Wildman–Crippen MR) is 113 cm³/mol. The molecule has 0 amide bonds. The van der Waals surface area contributed by atoms with Crippen molar-refractivity contribution in [2.45, 2.75) is 49.4 Å². The Labute approximate surface area is 165 Å². The molecule has 6 heteroatoms. The lowest BCUT2D eigenvalue weighted by molar-refractivity contribution is 0.531. The van der Waals surface area contributed by atoms with Crippen LogP contribution in [0.15, 0.2) is 47.6 Å². The van der Waals surface area contributed by atoms with Crippen LogP contribution in [-0.2, 0) is 6.54 Å². The van der Waals surface area contributed by atoms with Crippen molar-refractivity contribution in [3.63, 3.8) is 0 Å². The second-order valence-electron chi connectivity index (χ2n) is 7.39. The molecule has 0 unspecified atom stereocenters. The van der Waals surface area contributed by atoms with Crippen LogP contribution >= 0.6 is 11.8 Å². The zero-order valence-electron chi connectivity index (χ0n) is 16.0. The number of rotatable bonds is 6. The van der Waals surface area contributed by atoms with Gasteiger partial charge < -0.3 is 10.6 Å². The van der Waals surface area contributed by atoms with Crippen LogP contribution in [0, 0.1) is 0 Å². The first-order valence-electron chi connectivity index (χ1n) is 9.74. The molecule has 1 saturated heterocycles. The topological polar surface area (TPSA) is 54.2 Å². The maximum Gasteiger partial charge on any atom is 0.177 e. The first kappa shape index (κ1) is 18.3. The molecule has 1 aliphatic rings. The van der Waals surface area contributed by atoms with Crippen LogP contribution < -0.4 is 10.6 Å². The highest BCUT2D eigenvalue weighted by Crippen LogP contribution is 2.30. The molecule has 1 atom stereocenters. The lowest BCUT2D eigenvalue weighted by Gasteiger charge is -2.22. The van der Waals surface area contributed by atoms with Gasteiger partial charge in [0.15, 0.2) is 5.65 Å². The highest BCUT2D eigenvalue weighted by molar-refractivity contribution is 7.99. The molecule has 0 aliphatic carbocycles. The zero-order valence-corrected chi connectivity index (χ0v) is 16.8. The van der Waals surface area contributed by atoms with Crippen molar-refractivity contribution >= 4 is 23.1 Å². The monoisotopic (exact) mass is 381 g/mol. The summed E-state index contributed by atoms with van der Waals surface area (Å²) >= 11 is 1.88. The number of hydrogen-bond donors (Lipinski definition) is 2. The molecule has 5 nitrogen and oxygen atoms in total. The summed E-state index contributed by atoms with van der Waals surface area (Å²) in [4.78, 5) is 4.66. The molecule has 2 aromatic heterocycles. The molecule has 27 heavy (non-hydrogen) atoms. The summed E-state index contributed by atoms with van der Waals surface area (Å²) in [5.41, 5.74) is 4.36. The number of nitrogens with one attached hydrogen (secondary N) is 2. The van der Waals surface area contributed by atoms with E-state index in [9.17, 15) is 0 Å². The fraction of sp³-hybridized carbons (Fsp3) is 0.429. The molecule has 2 N–H and O–H groups in total. The normalized spacial score (nSPS) is 17.5. The van der Waals surface area contributed by atoms with Crippen molar-refractivity contribution < 1.29 is 0 Å². The lowest BCUT2D eigenvalue weighted by atomic mass is 10.2. The molecule has 1 aliphatic heterocycles. The number of aromatic nitrogens is 3. The van der Waals surface area contributed by atoms with E-state index in [2.05, 4.69) is 59.8 Å². The average molecular weight is 382 g/mol. The van der Waals surface area contributed by atoms with E-state index >= 15 is 0 Å². The fourth-order valence-corrected chi connectivity index (χ4v) is 4.57. The highest BCUT2D eigenvalue weighted by atomic mass is 32.2. The Hall–Kier alpha value is -2.05. The minimum absolute atomic E-state index is 0.381. The zero-order chi connectivity index (χ0) is 18.6. The first-order chi connectivity index (χ1) is 13.2. The first-order valence-corrected chi connectivity index (χ1v) is 10.6. The van der Waals surface area contributed by atoms with Crippen molar-refractivity contribution in [2.24, 2.45) is 0 Å². The number of hydrogen-bond acceptors (Lipinski definition) is 5. The van der Waals surface area contributed by atoms with Gasteiger partial charge in [-0.05, 0) is 36.9 Å². The third kappa shape index (κ3) is 4.28. The maximum absolute atomic E-state index is 4.92. The number of anilines is 1. The minimum atomic E-state index is 0.381. The molecule has 0 bridgehead atoms.